The lowest BCUT2D eigenvalue weighted by Gasteiger charge is -2.26. The topological polar surface area (TPSA) is 25.8 Å². The first kappa shape index (κ1) is 14.0. The second-order valence-electron chi connectivity index (χ2n) is 7.01. The molecule has 108 valence electrons. The molecule has 1 heterocycles. The molecule has 2 heteroatoms. The van der Waals surface area contributed by atoms with Crippen LogP contribution in [0.3, 0.4) is 0 Å². The third-order valence-corrected chi connectivity index (χ3v) is 3.92. The van der Waals surface area contributed by atoms with Crippen molar-refractivity contribution in [1.82, 2.24) is 9.97 Å². The molecule has 0 unspecified atom stereocenters. The van der Waals surface area contributed by atoms with Gasteiger partial charge in [0.05, 0.1) is 22.1 Å². The molecular formula is C19H22N2. The molecule has 3 rings (SSSR count). The van der Waals surface area contributed by atoms with Crippen molar-refractivity contribution < 1.29 is 0 Å². The average Bonchev–Trinajstić information content (AvgIpc) is 2.42. The summed E-state index contributed by atoms with van der Waals surface area (Å²) >= 11 is 0. The van der Waals surface area contributed by atoms with E-state index in [0.29, 0.717) is 5.92 Å². The standard InChI is InChI=1S/C19H22N2/c1-12(2)13-10-11-16-18(17(13)19(3,4)5)21-15-9-7-6-8-14(15)20-16/h6-12H,1-5H3. The Labute approximate surface area is 126 Å². The molecule has 2 nitrogen and oxygen atoms in total. The van der Waals surface area contributed by atoms with Crippen molar-refractivity contribution in [3.8, 4) is 0 Å². The van der Waals surface area contributed by atoms with E-state index in [9.17, 15) is 0 Å². The van der Waals surface area contributed by atoms with Crippen molar-refractivity contribution in [3.05, 3.63) is 47.5 Å². The maximum absolute atomic E-state index is 4.92. The van der Waals surface area contributed by atoms with Gasteiger partial charge < -0.3 is 0 Å². The molecular weight excluding hydrogens is 256 g/mol. The molecule has 0 bridgehead atoms. The Kier molecular flexibility index (Phi) is 3.20. The van der Waals surface area contributed by atoms with Crippen LogP contribution in [0, 0.1) is 0 Å². The summed E-state index contributed by atoms with van der Waals surface area (Å²) in [6.45, 7) is 11.2. The highest BCUT2D eigenvalue weighted by Gasteiger charge is 2.23. The van der Waals surface area contributed by atoms with Crippen LogP contribution in [0.25, 0.3) is 22.1 Å². The summed E-state index contributed by atoms with van der Waals surface area (Å²) in [6, 6.07) is 12.4. The zero-order valence-corrected chi connectivity index (χ0v) is 13.4. The second kappa shape index (κ2) is 4.80. The van der Waals surface area contributed by atoms with E-state index in [1.807, 2.05) is 24.3 Å². The van der Waals surface area contributed by atoms with Gasteiger partial charge >= 0.3 is 0 Å². The Morgan fingerprint density at radius 1 is 0.810 bits per heavy atom. The van der Waals surface area contributed by atoms with Crippen molar-refractivity contribution in [2.75, 3.05) is 0 Å². The summed E-state index contributed by atoms with van der Waals surface area (Å²) in [4.78, 5) is 9.71. The molecule has 0 N–H and O–H groups in total. The van der Waals surface area contributed by atoms with E-state index >= 15 is 0 Å². The number of para-hydroxylation sites is 2. The predicted octanol–water partition coefficient (Wildman–Crippen LogP) is 5.20. The van der Waals surface area contributed by atoms with Gasteiger partial charge in [-0.3, -0.25) is 0 Å². The highest BCUT2D eigenvalue weighted by atomic mass is 14.8. The first-order chi connectivity index (χ1) is 9.88. The smallest absolute Gasteiger partial charge is 0.0934 e. The molecule has 3 aromatic rings. The van der Waals surface area contributed by atoms with Gasteiger partial charge in [0.1, 0.15) is 0 Å². The Balaban J connectivity index is 2.46. The Bertz CT molecular complexity index is 811. The summed E-state index contributed by atoms with van der Waals surface area (Å²) < 4.78 is 0. The van der Waals surface area contributed by atoms with E-state index in [1.54, 1.807) is 0 Å². The predicted molar refractivity (Wildman–Crippen MR) is 89.8 cm³/mol. The molecule has 0 saturated heterocycles. The molecule has 21 heavy (non-hydrogen) atoms. The minimum Gasteiger partial charge on any atom is -0.244 e. The SMILES string of the molecule is CC(C)c1ccc2nc3ccccc3nc2c1C(C)(C)C. The minimum absolute atomic E-state index is 0.0518. The van der Waals surface area contributed by atoms with E-state index in [-0.39, 0.29) is 5.41 Å². The molecule has 0 atom stereocenters. The van der Waals surface area contributed by atoms with Gasteiger partial charge in [0.25, 0.3) is 0 Å². The number of aromatic nitrogens is 2. The van der Waals surface area contributed by atoms with E-state index in [2.05, 4.69) is 46.8 Å². The Morgan fingerprint density at radius 2 is 1.43 bits per heavy atom. The van der Waals surface area contributed by atoms with Gasteiger partial charge in [-0.25, -0.2) is 9.97 Å². The van der Waals surface area contributed by atoms with Crippen LogP contribution in [0.15, 0.2) is 36.4 Å². The van der Waals surface area contributed by atoms with Crippen LogP contribution in [-0.2, 0) is 5.41 Å². The lowest BCUT2D eigenvalue weighted by Crippen LogP contribution is -2.16. The number of nitrogens with zero attached hydrogens (tertiary/aromatic N) is 2. The summed E-state index contributed by atoms with van der Waals surface area (Å²) in [6.07, 6.45) is 0. The number of benzene rings is 2. The fourth-order valence-corrected chi connectivity index (χ4v) is 2.97. The number of fused-ring (bicyclic) bond motifs is 2. The van der Waals surface area contributed by atoms with E-state index in [0.717, 1.165) is 22.1 Å². The molecule has 0 amide bonds. The molecule has 0 radical (unpaired) electrons. The Hall–Kier alpha value is -1.96. The first-order valence-corrected chi connectivity index (χ1v) is 7.58. The van der Waals surface area contributed by atoms with E-state index in [4.69, 9.17) is 9.97 Å². The van der Waals surface area contributed by atoms with Crippen LogP contribution in [0.2, 0.25) is 0 Å². The first-order valence-electron chi connectivity index (χ1n) is 7.58. The normalized spacial score (nSPS) is 12.5. The maximum Gasteiger partial charge on any atom is 0.0934 e. The van der Waals surface area contributed by atoms with Gasteiger partial charge in [-0.15, -0.1) is 0 Å². The van der Waals surface area contributed by atoms with Crippen LogP contribution >= 0.6 is 0 Å². The second-order valence-corrected chi connectivity index (χ2v) is 7.01. The van der Waals surface area contributed by atoms with Crippen LogP contribution in [-0.4, -0.2) is 9.97 Å². The Morgan fingerprint density at radius 3 is 2.00 bits per heavy atom. The van der Waals surface area contributed by atoms with Gasteiger partial charge in [0.15, 0.2) is 0 Å². The fraction of sp³-hybridized carbons (Fsp3) is 0.368. The molecule has 0 aliphatic heterocycles. The van der Waals surface area contributed by atoms with Gasteiger partial charge in [-0.05, 0) is 40.7 Å². The molecule has 1 aromatic heterocycles. The third-order valence-electron chi connectivity index (χ3n) is 3.92. The van der Waals surface area contributed by atoms with Crippen molar-refractivity contribution in [2.45, 2.75) is 46.0 Å². The molecule has 0 spiro atoms. The average molecular weight is 278 g/mol. The largest absolute Gasteiger partial charge is 0.244 e. The fourth-order valence-electron chi connectivity index (χ4n) is 2.97. The molecule has 0 aliphatic carbocycles. The van der Waals surface area contributed by atoms with Gasteiger partial charge in [0, 0.05) is 0 Å². The number of hydrogen-bond donors (Lipinski definition) is 0. The zero-order chi connectivity index (χ0) is 15.2. The van der Waals surface area contributed by atoms with Gasteiger partial charge in [-0.2, -0.15) is 0 Å². The highest BCUT2D eigenvalue weighted by Crippen LogP contribution is 2.35. The van der Waals surface area contributed by atoms with Crippen molar-refractivity contribution >= 4 is 22.1 Å². The number of hydrogen-bond acceptors (Lipinski definition) is 2. The van der Waals surface area contributed by atoms with Crippen molar-refractivity contribution in [2.24, 2.45) is 0 Å². The lowest BCUT2D eigenvalue weighted by molar-refractivity contribution is 0.582. The zero-order valence-electron chi connectivity index (χ0n) is 13.4. The maximum atomic E-state index is 4.92. The third kappa shape index (κ3) is 2.39. The monoisotopic (exact) mass is 278 g/mol. The summed E-state index contributed by atoms with van der Waals surface area (Å²) in [5.74, 6) is 0.483. The van der Waals surface area contributed by atoms with Crippen molar-refractivity contribution in [1.29, 1.82) is 0 Å². The van der Waals surface area contributed by atoms with Gasteiger partial charge in [0.2, 0.25) is 0 Å². The number of rotatable bonds is 1. The highest BCUT2D eigenvalue weighted by molar-refractivity contribution is 5.89. The minimum atomic E-state index is 0.0518. The molecule has 0 saturated carbocycles. The van der Waals surface area contributed by atoms with Gasteiger partial charge in [-0.1, -0.05) is 52.8 Å². The van der Waals surface area contributed by atoms with E-state index < -0.39 is 0 Å². The quantitative estimate of drug-likeness (QED) is 0.571. The van der Waals surface area contributed by atoms with E-state index in [1.165, 1.54) is 11.1 Å². The molecule has 2 aromatic carbocycles. The summed E-state index contributed by atoms with van der Waals surface area (Å²) in [5.41, 5.74) is 6.72. The van der Waals surface area contributed by atoms with Crippen LogP contribution in [0.4, 0.5) is 0 Å². The van der Waals surface area contributed by atoms with Crippen LogP contribution in [0.1, 0.15) is 51.7 Å². The molecule has 0 fully saturated rings. The van der Waals surface area contributed by atoms with Crippen LogP contribution < -0.4 is 0 Å². The summed E-state index contributed by atoms with van der Waals surface area (Å²) in [7, 11) is 0. The lowest BCUT2D eigenvalue weighted by atomic mass is 9.79. The molecule has 0 aliphatic rings. The van der Waals surface area contributed by atoms with Crippen LogP contribution in [0.5, 0.6) is 0 Å². The summed E-state index contributed by atoms with van der Waals surface area (Å²) in [5, 5.41) is 0. The van der Waals surface area contributed by atoms with Crippen molar-refractivity contribution in [3.63, 3.8) is 0 Å².